The first-order valence-corrected chi connectivity index (χ1v) is 4.54. The van der Waals surface area contributed by atoms with Gasteiger partial charge in [-0.1, -0.05) is 0 Å². The minimum absolute atomic E-state index is 0.138. The monoisotopic (exact) mass is 193 g/mol. The molecule has 1 amide bonds. The normalized spacial score (nSPS) is 12.2. The molecule has 0 radical (unpaired) electrons. The maximum absolute atomic E-state index is 11.2. The fourth-order valence-electron chi connectivity index (χ4n) is 1.04. The smallest absolute Gasteiger partial charge is 0.236 e. The minimum atomic E-state index is -0.461. The lowest BCUT2D eigenvalue weighted by atomic mass is 10.1. The van der Waals surface area contributed by atoms with E-state index in [0.717, 1.165) is 11.1 Å². The van der Waals surface area contributed by atoms with Gasteiger partial charge >= 0.3 is 0 Å². The molecule has 0 unspecified atom stereocenters. The third-order valence-corrected chi connectivity index (χ3v) is 2.00. The first-order valence-electron chi connectivity index (χ1n) is 4.54. The molecular formula is C10H15N3O. The molecule has 0 spiro atoms. The Morgan fingerprint density at radius 3 is 3.00 bits per heavy atom. The van der Waals surface area contributed by atoms with Crippen molar-refractivity contribution in [3.05, 3.63) is 29.6 Å². The first-order chi connectivity index (χ1) is 6.61. The van der Waals surface area contributed by atoms with Crippen LogP contribution in [0, 0.1) is 6.92 Å². The highest BCUT2D eigenvalue weighted by atomic mass is 16.2. The zero-order chi connectivity index (χ0) is 10.6. The van der Waals surface area contributed by atoms with Gasteiger partial charge in [-0.25, -0.2) is 0 Å². The molecule has 1 aromatic heterocycles. The quantitative estimate of drug-likeness (QED) is 0.728. The van der Waals surface area contributed by atoms with Gasteiger partial charge in [0.15, 0.2) is 0 Å². The van der Waals surface area contributed by atoms with E-state index in [2.05, 4.69) is 10.3 Å². The third-order valence-electron chi connectivity index (χ3n) is 2.00. The fourth-order valence-corrected chi connectivity index (χ4v) is 1.04. The fraction of sp³-hybridized carbons (Fsp3) is 0.400. The van der Waals surface area contributed by atoms with E-state index in [9.17, 15) is 4.79 Å². The van der Waals surface area contributed by atoms with Crippen molar-refractivity contribution in [3.63, 3.8) is 0 Å². The van der Waals surface area contributed by atoms with Crippen LogP contribution in [0.1, 0.15) is 18.1 Å². The van der Waals surface area contributed by atoms with Gasteiger partial charge in [0, 0.05) is 18.9 Å². The van der Waals surface area contributed by atoms with Crippen molar-refractivity contribution in [2.45, 2.75) is 26.4 Å². The zero-order valence-corrected chi connectivity index (χ0v) is 8.45. The summed E-state index contributed by atoms with van der Waals surface area (Å²) in [4.78, 5) is 15.1. The maximum Gasteiger partial charge on any atom is 0.236 e. The van der Waals surface area contributed by atoms with Crippen LogP contribution in [0.3, 0.4) is 0 Å². The second kappa shape index (κ2) is 4.72. The Balaban J connectivity index is 2.54. The molecule has 1 heterocycles. The number of hydrogen-bond donors (Lipinski definition) is 2. The van der Waals surface area contributed by atoms with Crippen LogP contribution < -0.4 is 11.1 Å². The molecule has 14 heavy (non-hydrogen) atoms. The lowest BCUT2D eigenvalue weighted by molar-refractivity contribution is -0.122. The van der Waals surface area contributed by atoms with E-state index in [1.807, 2.05) is 13.0 Å². The highest BCUT2D eigenvalue weighted by Crippen LogP contribution is 2.03. The molecular weight excluding hydrogens is 178 g/mol. The van der Waals surface area contributed by atoms with Crippen LogP contribution in [0.15, 0.2) is 18.5 Å². The highest BCUT2D eigenvalue weighted by molar-refractivity contribution is 5.80. The summed E-state index contributed by atoms with van der Waals surface area (Å²) in [6, 6.07) is 1.42. The summed E-state index contributed by atoms with van der Waals surface area (Å²) in [5, 5.41) is 2.75. The summed E-state index contributed by atoms with van der Waals surface area (Å²) >= 11 is 0. The number of pyridine rings is 1. The Morgan fingerprint density at radius 1 is 1.71 bits per heavy atom. The number of nitrogens with one attached hydrogen (secondary N) is 1. The van der Waals surface area contributed by atoms with Crippen LogP contribution >= 0.6 is 0 Å². The van der Waals surface area contributed by atoms with E-state index in [1.165, 1.54) is 0 Å². The molecule has 1 aromatic rings. The number of carbonyl (C=O) groups is 1. The van der Waals surface area contributed by atoms with Gasteiger partial charge in [-0.2, -0.15) is 0 Å². The summed E-state index contributed by atoms with van der Waals surface area (Å²) in [7, 11) is 0. The Bertz CT molecular complexity index is 323. The molecule has 4 nitrogen and oxygen atoms in total. The molecule has 0 saturated carbocycles. The molecule has 0 aliphatic carbocycles. The number of hydrogen-bond acceptors (Lipinski definition) is 3. The summed E-state index contributed by atoms with van der Waals surface area (Å²) in [6.07, 6.45) is 3.48. The van der Waals surface area contributed by atoms with Gasteiger partial charge in [0.25, 0.3) is 0 Å². The third kappa shape index (κ3) is 2.81. The van der Waals surface area contributed by atoms with E-state index in [4.69, 9.17) is 5.73 Å². The summed E-state index contributed by atoms with van der Waals surface area (Å²) < 4.78 is 0. The van der Waals surface area contributed by atoms with Gasteiger partial charge in [-0.05, 0) is 31.0 Å². The van der Waals surface area contributed by atoms with Crippen molar-refractivity contribution in [1.29, 1.82) is 0 Å². The van der Waals surface area contributed by atoms with Crippen molar-refractivity contribution >= 4 is 5.91 Å². The Hall–Kier alpha value is -1.42. The molecule has 4 heteroatoms. The van der Waals surface area contributed by atoms with E-state index in [-0.39, 0.29) is 5.91 Å². The second-order valence-corrected chi connectivity index (χ2v) is 3.31. The number of nitrogens with zero attached hydrogens (tertiary/aromatic N) is 1. The lowest BCUT2D eigenvalue weighted by Crippen LogP contribution is -2.37. The number of rotatable bonds is 3. The van der Waals surface area contributed by atoms with Crippen molar-refractivity contribution in [1.82, 2.24) is 10.3 Å². The van der Waals surface area contributed by atoms with Crippen LogP contribution in [0.2, 0.25) is 0 Å². The van der Waals surface area contributed by atoms with Crippen molar-refractivity contribution in [2.75, 3.05) is 0 Å². The number of carbonyl (C=O) groups excluding carboxylic acids is 1. The van der Waals surface area contributed by atoms with Gasteiger partial charge in [-0.3, -0.25) is 9.78 Å². The van der Waals surface area contributed by atoms with Crippen LogP contribution in [0.25, 0.3) is 0 Å². The predicted molar refractivity (Wildman–Crippen MR) is 54.5 cm³/mol. The Kier molecular flexibility index (Phi) is 3.59. The molecule has 3 N–H and O–H groups in total. The molecule has 0 aliphatic heterocycles. The highest BCUT2D eigenvalue weighted by Gasteiger charge is 2.06. The summed E-state index contributed by atoms with van der Waals surface area (Å²) in [5.41, 5.74) is 7.54. The SMILES string of the molecule is Cc1cnccc1CNC(=O)[C@H](C)N. The van der Waals surface area contributed by atoms with E-state index in [0.29, 0.717) is 6.54 Å². The van der Waals surface area contributed by atoms with Crippen LogP contribution in [-0.4, -0.2) is 16.9 Å². The number of nitrogens with two attached hydrogens (primary N) is 1. The first kappa shape index (κ1) is 10.7. The van der Waals surface area contributed by atoms with Gasteiger partial charge in [-0.15, -0.1) is 0 Å². The lowest BCUT2D eigenvalue weighted by Gasteiger charge is -2.08. The van der Waals surface area contributed by atoms with E-state index >= 15 is 0 Å². The maximum atomic E-state index is 11.2. The molecule has 0 fully saturated rings. The standard InChI is InChI=1S/C10H15N3O/c1-7-5-12-4-3-9(7)6-13-10(14)8(2)11/h3-5,8H,6,11H2,1-2H3,(H,13,14)/t8-/m0/s1. The summed E-state index contributed by atoms with van der Waals surface area (Å²) in [5.74, 6) is -0.138. The van der Waals surface area contributed by atoms with Gasteiger partial charge in [0.2, 0.25) is 5.91 Å². The Labute approximate surface area is 83.5 Å². The number of aryl methyl sites for hydroxylation is 1. The predicted octanol–water partition coefficient (Wildman–Crippen LogP) is 0.353. The van der Waals surface area contributed by atoms with Gasteiger partial charge < -0.3 is 11.1 Å². The molecule has 1 atom stereocenters. The average molecular weight is 193 g/mol. The van der Waals surface area contributed by atoms with Crippen molar-refractivity contribution in [2.24, 2.45) is 5.73 Å². The molecule has 0 aromatic carbocycles. The van der Waals surface area contributed by atoms with Gasteiger partial charge in [0.05, 0.1) is 6.04 Å². The van der Waals surface area contributed by atoms with Crippen LogP contribution in [-0.2, 0) is 11.3 Å². The Morgan fingerprint density at radius 2 is 2.43 bits per heavy atom. The number of amides is 1. The largest absolute Gasteiger partial charge is 0.351 e. The molecule has 0 aliphatic rings. The molecule has 1 rings (SSSR count). The van der Waals surface area contributed by atoms with Crippen LogP contribution in [0.5, 0.6) is 0 Å². The minimum Gasteiger partial charge on any atom is -0.351 e. The molecule has 0 saturated heterocycles. The second-order valence-electron chi connectivity index (χ2n) is 3.31. The van der Waals surface area contributed by atoms with E-state index in [1.54, 1.807) is 19.3 Å². The van der Waals surface area contributed by atoms with Gasteiger partial charge in [0.1, 0.15) is 0 Å². The van der Waals surface area contributed by atoms with Crippen molar-refractivity contribution < 1.29 is 4.79 Å². The molecule has 0 bridgehead atoms. The van der Waals surface area contributed by atoms with E-state index < -0.39 is 6.04 Å². The summed E-state index contributed by atoms with van der Waals surface area (Å²) in [6.45, 7) is 4.13. The average Bonchev–Trinajstić information content (AvgIpc) is 2.16. The van der Waals surface area contributed by atoms with Crippen molar-refractivity contribution in [3.8, 4) is 0 Å². The topological polar surface area (TPSA) is 68.0 Å². The number of aromatic nitrogens is 1. The van der Waals surface area contributed by atoms with Crippen LogP contribution in [0.4, 0.5) is 0 Å². The molecule has 76 valence electrons. The zero-order valence-electron chi connectivity index (χ0n) is 8.45.